The first kappa shape index (κ1) is 18.1. The molecular weight excluding hydrogens is 375 g/mol. The van der Waals surface area contributed by atoms with Gasteiger partial charge in [-0.15, -0.1) is 10.2 Å². The van der Waals surface area contributed by atoms with E-state index in [9.17, 15) is 9.18 Å². The van der Waals surface area contributed by atoms with Gasteiger partial charge < -0.3 is 15.4 Å². The Labute approximate surface area is 165 Å². The molecular formula is C20H15FN6O2. The minimum atomic E-state index is -0.481. The lowest BCUT2D eigenvalue weighted by molar-refractivity contribution is 0.262. The number of amides is 2. The number of anilines is 2. The van der Waals surface area contributed by atoms with Gasteiger partial charge in [0.1, 0.15) is 17.9 Å². The second-order valence-electron chi connectivity index (χ2n) is 5.92. The van der Waals surface area contributed by atoms with Crippen molar-refractivity contribution in [1.29, 1.82) is 0 Å². The van der Waals surface area contributed by atoms with Crippen molar-refractivity contribution in [2.45, 2.75) is 0 Å². The molecule has 0 radical (unpaired) electrons. The highest BCUT2D eigenvalue weighted by Crippen LogP contribution is 2.21. The molecule has 8 nitrogen and oxygen atoms in total. The van der Waals surface area contributed by atoms with Crippen molar-refractivity contribution >= 4 is 17.4 Å². The van der Waals surface area contributed by atoms with Crippen molar-refractivity contribution in [3.63, 3.8) is 0 Å². The molecule has 0 fully saturated rings. The fraction of sp³-hybridized carbons (Fsp3) is 0. The lowest BCUT2D eigenvalue weighted by Gasteiger charge is -2.09. The number of urea groups is 1. The third-order valence-corrected chi connectivity index (χ3v) is 3.81. The van der Waals surface area contributed by atoms with E-state index in [4.69, 9.17) is 4.74 Å². The number of aromatic nitrogens is 4. The van der Waals surface area contributed by atoms with E-state index < -0.39 is 11.8 Å². The third kappa shape index (κ3) is 4.72. The summed E-state index contributed by atoms with van der Waals surface area (Å²) in [7, 11) is 0. The average molecular weight is 390 g/mol. The molecule has 0 bridgehead atoms. The molecule has 0 saturated heterocycles. The molecule has 0 atom stereocenters. The Morgan fingerprint density at radius 1 is 0.966 bits per heavy atom. The largest absolute Gasteiger partial charge is 0.438 e. The SMILES string of the molecule is O=C(Nc1ccc(Oc2ccc(-n3ccnc3)nn2)cc1)Nc1cccc(F)c1. The van der Waals surface area contributed by atoms with Crippen LogP contribution in [0, 0.1) is 5.82 Å². The lowest BCUT2D eigenvalue weighted by Crippen LogP contribution is -2.19. The van der Waals surface area contributed by atoms with E-state index in [0.717, 1.165) is 0 Å². The maximum atomic E-state index is 13.2. The Hall–Kier alpha value is -4.27. The van der Waals surface area contributed by atoms with E-state index in [1.165, 1.54) is 18.2 Å². The van der Waals surface area contributed by atoms with Crippen molar-refractivity contribution in [3.05, 3.63) is 85.2 Å². The van der Waals surface area contributed by atoms with Crippen LogP contribution in [0.2, 0.25) is 0 Å². The van der Waals surface area contributed by atoms with Crippen LogP contribution in [0.15, 0.2) is 79.4 Å². The van der Waals surface area contributed by atoms with Crippen LogP contribution in [-0.2, 0) is 0 Å². The van der Waals surface area contributed by atoms with Gasteiger partial charge in [0.25, 0.3) is 0 Å². The molecule has 0 spiro atoms. The number of nitrogens with zero attached hydrogens (tertiary/aromatic N) is 4. The Bertz CT molecular complexity index is 1100. The summed E-state index contributed by atoms with van der Waals surface area (Å²) >= 11 is 0. The zero-order valence-electron chi connectivity index (χ0n) is 15.0. The van der Waals surface area contributed by atoms with Gasteiger partial charge in [0, 0.05) is 29.8 Å². The third-order valence-electron chi connectivity index (χ3n) is 3.81. The van der Waals surface area contributed by atoms with Crippen LogP contribution in [-0.4, -0.2) is 25.8 Å². The Morgan fingerprint density at radius 3 is 2.48 bits per heavy atom. The zero-order valence-corrected chi connectivity index (χ0v) is 15.0. The molecule has 0 saturated carbocycles. The van der Waals surface area contributed by atoms with Gasteiger partial charge in [-0.05, 0) is 48.5 Å². The van der Waals surface area contributed by atoms with E-state index in [-0.39, 0.29) is 0 Å². The molecule has 9 heteroatoms. The average Bonchev–Trinajstić information content (AvgIpc) is 3.25. The highest BCUT2D eigenvalue weighted by molar-refractivity contribution is 5.99. The first-order chi connectivity index (χ1) is 14.2. The molecule has 2 N–H and O–H groups in total. The predicted molar refractivity (Wildman–Crippen MR) is 105 cm³/mol. The number of imidazole rings is 1. The van der Waals surface area contributed by atoms with Gasteiger partial charge in [-0.25, -0.2) is 14.2 Å². The first-order valence-corrected chi connectivity index (χ1v) is 8.59. The number of hydrogen-bond donors (Lipinski definition) is 2. The van der Waals surface area contributed by atoms with Crippen LogP contribution in [0.25, 0.3) is 5.82 Å². The number of carbonyl (C=O) groups excluding carboxylic acids is 1. The number of carbonyl (C=O) groups is 1. The maximum Gasteiger partial charge on any atom is 0.323 e. The van der Waals surface area contributed by atoms with Crippen molar-refractivity contribution < 1.29 is 13.9 Å². The summed E-state index contributed by atoms with van der Waals surface area (Å²) in [6, 6.07) is 15.3. The number of nitrogens with one attached hydrogen (secondary N) is 2. The number of ether oxygens (including phenoxy) is 1. The molecule has 2 heterocycles. The van der Waals surface area contributed by atoms with Gasteiger partial charge in [-0.1, -0.05) is 6.07 Å². The fourth-order valence-electron chi connectivity index (χ4n) is 2.49. The normalized spacial score (nSPS) is 10.4. The van der Waals surface area contributed by atoms with Gasteiger partial charge >= 0.3 is 6.03 Å². The molecule has 0 aliphatic heterocycles. The van der Waals surface area contributed by atoms with Gasteiger partial charge in [-0.3, -0.25) is 4.57 Å². The lowest BCUT2D eigenvalue weighted by atomic mass is 10.3. The molecule has 2 amide bonds. The highest BCUT2D eigenvalue weighted by Gasteiger charge is 2.05. The van der Waals surface area contributed by atoms with Crippen LogP contribution < -0.4 is 15.4 Å². The molecule has 4 rings (SSSR count). The zero-order chi connectivity index (χ0) is 20.1. The second kappa shape index (κ2) is 8.17. The van der Waals surface area contributed by atoms with Crippen molar-refractivity contribution in [2.24, 2.45) is 0 Å². The van der Waals surface area contributed by atoms with Crippen LogP contribution in [0.4, 0.5) is 20.6 Å². The standard InChI is InChI=1S/C20H15FN6O2/c21-14-2-1-3-16(12-14)24-20(28)23-15-4-6-17(7-5-15)29-19-9-8-18(25-26-19)27-11-10-22-13-27/h1-13H,(H2,23,24,28). The minimum absolute atomic E-state index is 0.332. The monoisotopic (exact) mass is 390 g/mol. The van der Waals surface area contributed by atoms with Crippen LogP contribution >= 0.6 is 0 Å². The molecule has 0 unspecified atom stereocenters. The van der Waals surface area contributed by atoms with Gasteiger partial charge in [0.05, 0.1) is 0 Å². The van der Waals surface area contributed by atoms with E-state index in [1.54, 1.807) is 65.8 Å². The van der Waals surface area contributed by atoms with E-state index >= 15 is 0 Å². The predicted octanol–water partition coefficient (Wildman–Crippen LogP) is 4.24. The van der Waals surface area contributed by atoms with Crippen molar-refractivity contribution in [2.75, 3.05) is 10.6 Å². The molecule has 2 aromatic heterocycles. The number of hydrogen-bond acceptors (Lipinski definition) is 5. The Morgan fingerprint density at radius 2 is 1.79 bits per heavy atom. The van der Waals surface area contributed by atoms with Crippen molar-refractivity contribution in [1.82, 2.24) is 19.7 Å². The summed E-state index contributed by atoms with van der Waals surface area (Å²) in [6.45, 7) is 0. The summed E-state index contributed by atoms with van der Waals surface area (Å²) in [4.78, 5) is 16.0. The maximum absolute atomic E-state index is 13.2. The molecule has 144 valence electrons. The topological polar surface area (TPSA) is 94.0 Å². The number of benzene rings is 2. The molecule has 0 aliphatic carbocycles. The van der Waals surface area contributed by atoms with Crippen molar-refractivity contribution in [3.8, 4) is 17.4 Å². The minimum Gasteiger partial charge on any atom is -0.438 e. The van der Waals surface area contributed by atoms with E-state index in [1.807, 2.05) is 0 Å². The van der Waals surface area contributed by atoms with Crippen LogP contribution in [0.5, 0.6) is 11.6 Å². The Kier molecular flexibility index (Phi) is 5.10. The van der Waals surface area contributed by atoms with E-state index in [0.29, 0.717) is 28.8 Å². The number of rotatable bonds is 5. The highest BCUT2D eigenvalue weighted by atomic mass is 19.1. The van der Waals surface area contributed by atoms with Crippen LogP contribution in [0.1, 0.15) is 0 Å². The quantitative estimate of drug-likeness (QED) is 0.532. The van der Waals surface area contributed by atoms with Gasteiger partial charge in [0.15, 0.2) is 5.82 Å². The summed E-state index contributed by atoms with van der Waals surface area (Å²) in [6.07, 6.45) is 5.04. The molecule has 4 aromatic rings. The molecule has 0 aliphatic rings. The van der Waals surface area contributed by atoms with Gasteiger partial charge in [0.2, 0.25) is 5.88 Å². The molecule has 2 aromatic carbocycles. The molecule has 29 heavy (non-hydrogen) atoms. The van der Waals surface area contributed by atoms with E-state index in [2.05, 4.69) is 25.8 Å². The fourth-order valence-corrected chi connectivity index (χ4v) is 2.49. The summed E-state index contributed by atoms with van der Waals surface area (Å²) in [5.74, 6) is 1.06. The van der Waals surface area contributed by atoms with Crippen LogP contribution in [0.3, 0.4) is 0 Å². The summed E-state index contributed by atoms with van der Waals surface area (Å²) in [5.41, 5.74) is 0.910. The number of halogens is 1. The second-order valence-corrected chi connectivity index (χ2v) is 5.92. The summed E-state index contributed by atoms with van der Waals surface area (Å²) in [5, 5.41) is 13.3. The summed E-state index contributed by atoms with van der Waals surface area (Å²) < 4.78 is 20.5. The smallest absolute Gasteiger partial charge is 0.323 e. The Balaban J connectivity index is 1.34. The van der Waals surface area contributed by atoms with Gasteiger partial charge in [-0.2, -0.15) is 0 Å². The first-order valence-electron chi connectivity index (χ1n) is 8.59.